The number of nitrogens with one attached hydrogen (secondary N) is 1. The van der Waals surface area contributed by atoms with Gasteiger partial charge in [0.2, 0.25) is 5.91 Å². The van der Waals surface area contributed by atoms with E-state index in [2.05, 4.69) is 52.9 Å². The van der Waals surface area contributed by atoms with Gasteiger partial charge >= 0.3 is 0 Å². The van der Waals surface area contributed by atoms with Crippen molar-refractivity contribution in [2.75, 3.05) is 26.2 Å². The van der Waals surface area contributed by atoms with E-state index >= 15 is 0 Å². The third-order valence-corrected chi connectivity index (χ3v) is 5.88. The first-order chi connectivity index (χ1) is 12.6. The highest BCUT2D eigenvalue weighted by molar-refractivity contribution is 5.85. The van der Waals surface area contributed by atoms with Crippen LogP contribution >= 0.6 is 24.8 Å². The number of carbonyl (C=O) groups excluding carboxylic acids is 1. The molecule has 28 heavy (non-hydrogen) atoms. The van der Waals surface area contributed by atoms with Crippen molar-refractivity contribution in [3.05, 3.63) is 30.1 Å². The zero-order valence-corrected chi connectivity index (χ0v) is 18.4. The van der Waals surface area contributed by atoms with Crippen molar-refractivity contribution in [2.24, 2.45) is 5.92 Å². The Balaban J connectivity index is 0.00000140. The molecule has 1 aromatic carbocycles. The number of aromatic nitrogens is 2. The molecule has 1 aromatic heterocycles. The molecule has 0 radical (unpaired) electrons. The zero-order chi connectivity index (χ0) is 18.1. The first kappa shape index (κ1) is 23.0. The summed E-state index contributed by atoms with van der Waals surface area (Å²) in [5.74, 6) is 1.99. The van der Waals surface area contributed by atoms with Gasteiger partial charge in [0.15, 0.2) is 0 Å². The Hall–Kier alpha value is -1.30. The Morgan fingerprint density at radius 2 is 1.96 bits per heavy atom. The zero-order valence-electron chi connectivity index (χ0n) is 16.8. The van der Waals surface area contributed by atoms with Gasteiger partial charge in [0.05, 0.1) is 17.0 Å². The lowest BCUT2D eigenvalue weighted by Gasteiger charge is -2.36. The molecule has 2 saturated heterocycles. The molecular weight excluding hydrogens is 395 g/mol. The monoisotopic (exact) mass is 426 g/mol. The summed E-state index contributed by atoms with van der Waals surface area (Å²) in [5, 5.41) is 3.38. The Bertz CT molecular complexity index is 786. The number of benzene rings is 1. The number of rotatable bonds is 3. The van der Waals surface area contributed by atoms with Gasteiger partial charge in [-0.2, -0.15) is 0 Å². The van der Waals surface area contributed by atoms with E-state index in [1.807, 2.05) is 0 Å². The maximum atomic E-state index is 13.0. The first-order valence-electron chi connectivity index (χ1n) is 10.1. The minimum absolute atomic E-state index is 0. The van der Waals surface area contributed by atoms with Crippen molar-refractivity contribution in [1.82, 2.24) is 19.8 Å². The number of imidazole rings is 1. The summed E-state index contributed by atoms with van der Waals surface area (Å²) in [6.45, 7) is 8.03. The number of para-hydroxylation sites is 2. The molecule has 3 heterocycles. The summed E-state index contributed by atoms with van der Waals surface area (Å²) < 4.78 is 2.37. The van der Waals surface area contributed by atoms with Crippen LogP contribution in [0.2, 0.25) is 0 Å². The molecular formula is C21H32Cl2N4O. The molecule has 2 aliphatic heterocycles. The fraction of sp³-hybridized carbons (Fsp3) is 0.619. The predicted octanol–water partition coefficient (Wildman–Crippen LogP) is 4.17. The lowest BCUT2D eigenvalue weighted by Crippen LogP contribution is -2.46. The number of piperidine rings is 2. The molecule has 2 aliphatic rings. The second kappa shape index (κ2) is 9.95. The van der Waals surface area contributed by atoms with Crippen molar-refractivity contribution >= 4 is 41.8 Å². The van der Waals surface area contributed by atoms with Crippen LogP contribution in [0.3, 0.4) is 0 Å². The predicted molar refractivity (Wildman–Crippen MR) is 119 cm³/mol. The molecule has 7 heteroatoms. The first-order valence-corrected chi connectivity index (χ1v) is 10.1. The molecule has 2 atom stereocenters. The molecule has 0 aliphatic carbocycles. The van der Waals surface area contributed by atoms with E-state index in [0.717, 1.165) is 63.2 Å². The highest BCUT2D eigenvalue weighted by atomic mass is 35.5. The summed E-state index contributed by atoms with van der Waals surface area (Å²) in [6, 6.07) is 8.75. The summed E-state index contributed by atoms with van der Waals surface area (Å²) in [5.41, 5.74) is 2.27. The van der Waals surface area contributed by atoms with E-state index in [1.165, 1.54) is 5.52 Å². The molecule has 156 valence electrons. The van der Waals surface area contributed by atoms with Gasteiger partial charge in [0.1, 0.15) is 5.82 Å². The van der Waals surface area contributed by atoms with Crippen molar-refractivity contribution in [3.8, 4) is 0 Å². The van der Waals surface area contributed by atoms with Crippen LogP contribution in [-0.2, 0) is 4.79 Å². The highest BCUT2D eigenvalue weighted by Gasteiger charge is 2.32. The van der Waals surface area contributed by atoms with Gasteiger partial charge in [-0.1, -0.05) is 12.1 Å². The van der Waals surface area contributed by atoms with Gasteiger partial charge in [-0.05, 0) is 58.2 Å². The molecule has 1 amide bonds. The molecule has 0 saturated carbocycles. The molecule has 1 N–H and O–H groups in total. The molecule has 2 fully saturated rings. The van der Waals surface area contributed by atoms with E-state index < -0.39 is 0 Å². The fourth-order valence-electron chi connectivity index (χ4n) is 4.60. The van der Waals surface area contributed by atoms with Gasteiger partial charge in [0, 0.05) is 31.6 Å². The Labute approximate surface area is 180 Å². The second-order valence-corrected chi connectivity index (χ2v) is 8.09. The van der Waals surface area contributed by atoms with Crippen LogP contribution in [0.15, 0.2) is 24.3 Å². The van der Waals surface area contributed by atoms with Gasteiger partial charge in [-0.15, -0.1) is 24.8 Å². The molecule has 2 aromatic rings. The minimum atomic E-state index is 0. The van der Waals surface area contributed by atoms with E-state index in [4.69, 9.17) is 4.98 Å². The third kappa shape index (κ3) is 4.47. The van der Waals surface area contributed by atoms with Crippen LogP contribution in [0.25, 0.3) is 11.0 Å². The van der Waals surface area contributed by atoms with Crippen LogP contribution in [0.5, 0.6) is 0 Å². The number of hydrogen-bond donors (Lipinski definition) is 1. The maximum absolute atomic E-state index is 13.0. The van der Waals surface area contributed by atoms with Crippen molar-refractivity contribution in [2.45, 2.75) is 51.5 Å². The number of halogens is 2. The van der Waals surface area contributed by atoms with E-state index in [9.17, 15) is 4.79 Å². The highest BCUT2D eigenvalue weighted by Crippen LogP contribution is 2.32. The number of likely N-dealkylation sites (tertiary alicyclic amines) is 1. The van der Waals surface area contributed by atoms with Crippen LogP contribution in [0.4, 0.5) is 0 Å². The fourth-order valence-corrected chi connectivity index (χ4v) is 4.60. The number of hydrogen-bond acceptors (Lipinski definition) is 3. The van der Waals surface area contributed by atoms with Gasteiger partial charge in [-0.3, -0.25) is 4.79 Å². The largest absolute Gasteiger partial charge is 0.342 e. The van der Waals surface area contributed by atoms with Crippen molar-refractivity contribution < 1.29 is 4.79 Å². The van der Waals surface area contributed by atoms with E-state index in [0.29, 0.717) is 17.9 Å². The van der Waals surface area contributed by atoms with Gasteiger partial charge < -0.3 is 14.8 Å². The van der Waals surface area contributed by atoms with E-state index in [-0.39, 0.29) is 30.7 Å². The SMILES string of the molecule is CC(C)n1c(C2CCCN(C(=O)C3CCCNC3)C2)nc2ccccc21.Cl.Cl. The molecule has 5 nitrogen and oxygen atoms in total. The lowest BCUT2D eigenvalue weighted by molar-refractivity contribution is -0.137. The van der Waals surface area contributed by atoms with Crippen LogP contribution in [0, 0.1) is 5.92 Å². The number of nitrogens with zero attached hydrogens (tertiary/aromatic N) is 3. The molecule has 4 rings (SSSR count). The molecule has 0 spiro atoms. The van der Waals surface area contributed by atoms with Crippen molar-refractivity contribution in [1.29, 1.82) is 0 Å². The number of carbonyl (C=O) groups is 1. The quantitative estimate of drug-likeness (QED) is 0.800. The minimum Gasteiger partial charge on any atom is -0.342 e. The molecule has 0 bridgehead atoms. The standard InChI is InChI=1S/C21H30N4O.2ClH/c1-15(2)25-19-10-4-3-9-18(19)23-20(25)17-8-6-12-24(14-17)21(26)16-7-5-11-22-13-16;;/h3-4,9-10,15-17,22H,5-8,11-14H2,1-2H3;2*1H. The third-order valence-electron chi connectivity index (χ3n) is 5.88. The average Bonchev–Trinajstić information content (AvgIpc) is 3.08. The number of amides is 1. The van der Waals surface area contributed by atoms with Gasteiger partial charge in [0.25, 0.3) is 0 Å². The summed E-state index contributed by atoms with van der Waals surface area (Å²) in [7, 11) is 0. The van der Waals surface area contributed by atoms with Crippen LogP contribution in [-0.4, -0.2) is 46.5 Å². The number of fused-ring (bicyclic) bond motifs is 1. The average molecular weight is 427 g/mol. The van der Waals surface area contributed by atoms with Crippen LogP contribution in [0.1, 0.15) is 57.3 Å². The summed E-state index contributed by atoms with van der Waals surface area (Å²) in [6.07, 6.45) is 4.31. The normalized spacial score (nSPS) is 22.6. The van der Waals surface area contributed by atoms with Crippen LogP contribution < -0.4 is 5.32 Å². The second-order valence-electron chi connectivity index (χ2n) is 8.09. The summed E-state index contributed by atoms with van der Waals surface area (Å²) in [4.78, 5) is 20.1. The Morgan fingerprint density at radius 1 is 1.18 bits per heavy atom. The maximum Gasteiger partial charge on any atom is 0.226 e. The van der Waals surface area contributed by atoms with Gasteiger partial charge in [-0.25, -0.2) is 4.98 Å². The lowest BCUT2D eigenvalue weighted by atomic mass is 9.93. The Morgan fingerprint density at radius 3 is 2.68 bits per heavy atom. The molecule has 2 unspecified atom stereocenters. The topological polar surface area (TPSA) is 50.2 Å². The summed E-state index contributed by atoms with van der Waals surface area (Å²) >= 11 is 0. The van der Waals surface area contributed by atoms with E-state index in [1.54, 1.807) is 0 Å². The Kier molecular flexibility index (Phi) is 8.17. The van der Waals surface area contributed by atoms with Crippen molar-refractivity contribution in [3.63, 3.8) is 0 Å². The smallest absolute Gasteiger partial charge is 0.226 e.